The number of hydrogen-bond donors (Lipinski definition) is 1. The fraction of sp³-hybridized carbons (Fsp3) is 0.611. The number of piperidine rings is 1. The summed E-state index contributed by atoms with van der Waals surface area (Å²) in [5.41, 5.74) is 1.60. The van der Waals surface area contributed by atoms with E-state index >= 15 is 0 Å². The highest BCUT2D eigenvalue weighted by atomic mass is 16.5. The van der Waals surface area contributed by atoms with E-state index < -0.39 is 0 Å². The Bertz CT molecular complexity index is 946. The average molecular weight is 383 g/mol. The van der Waals surface area contributed by atoms with Crippen LogP contribution in [0.25, 0.3) is 11.2 Å². The van der Waals surface area contributed by atoms with Gasteiger partial charge in [0.05, 0.1) is 26.1 Å². The van der Waals surface area contributed by atoms with Crippen LogP contribution in [0.4, 0.5) is 5.82 Å². The molecule has 0 amide bonds. The van der Waals surface area contributed by atoms with Crippen molar-refractivity contribution in [1.82, 2.24) is 39.6 Å². The van der Waals surface area contributed by atoms with Crippen LogP contribution in [0.5, 0.6) is 0 Å². The van der Waals surface area contributed by atoms with Crippen molar-refractivity contribution >= 4 is 17.0 Å². The average Bonchev–Trinajstić information content (AvgIpc) is 3.36. The number of anilines is 1. The van der Waals surface area contributed by atoms with Crippen LogP contribution < -0.4 is 4.90 Å². The second-order valence-corrected chi connectivity index (χ2v) is 7.51. The molecule has 3 aromatic heterocycles. The number of fused-ring (bicyclic) bond motifs is 1. The second-order valence-electron chi connectivity index (χ2n) is 7.51. The standard InChI is InChI=1S/C18H25N9O/c1-25-14(10-26-5-7-28-8-6-26)23-24-17(25)13-3-2-4-27(9-13)18-15-16(20-11-19-15)21-12-22-18/h11-13H,2-10H2,1H3,(H,19,20,21,22)/t13-/m0/s1. The first-order chi connectivity index (χ1) is 13.8. The minimum absolute atomic E-state index is 0.331. The summed E-state index contributed by atoms with van der Waals surface area (Å²) in [5.74, 6) is 3.33. The highest BCUT2D eigenvalue weighted by Gasteiger charge is 2.28. The van der Waals surface area contributed by atoms with Crippen LogP contribution in [-0.2, 0) is 18.3 Å². The van der Waals surface area contributed by atoms with Crippen LogP contribution in [-0.4, -0.2) is 79.0 Å². The Hall–Kier alpha value is -2.59. The molecule has 0 aliphatic carbocycles. The number of rotatable bonds is 4. The molecule has 2 fully saturated rings. The van der Waals surface area contributed by atoms with Gasteiger partial charge in [0.1, 0.15) is 23.5 Å². The maximum atomic E-state index is 5.44. The summed E-state index contributed by atoms with van der Waals surface area (Å²) in [7, 11) is 2.09. The van der Waals surface area contributed by atoms with Crippen molar-refractivity contribution in [2.75, 3.05) is 44.3 Å². The predicted molar refractivity (Wildman–Crippen MR) is 103 cm³/mol. The Kier molecular flexibility index (Phi) is 4.65. The van der Waals surface area contributed by atoms with Gasteiger partial charge in [0.2, 0.25) is 0 Å². The van der Waals surface area contributed by atoms with Crippen molar-refractivity contribution in [1.29, 1.82) is 0 Å². The van der Waals surface area contributed by atoms with Crippen molar-refractivity contribution in [3.63, 3.8) is 0 Å². The number of hydrogen-bond acceptors (Lipinski definition) is 8. The van der Waals surface area contributed by atoms with Crippen LogP contribution in [0, 0.1) is 0 Å². The zero-order valence-electron chi connectivity index (χ0n) is 16.1. The van der Waals surface area contributed by atoms with Gasteiger partial charge in [-0.15, -0.1) is 10.2 Å². The molecular formula is C18H25N9O. The van der Waals surface area contributed by atoms with E-state index in [1.165, 1.54) is 0 Å². The molecule has 3 aromatic rings. The van der Waals surface area contributed by atoms with Gasteiger partial charge in [0, 0.05) is 39.1 Å². The zero-order chi connectivity index (χ0) is 18.9. The number of imidazole rings is 1. The van der Waals surface area contributed by atoms with E-state index in [1.54, 1.807) is 12.7 Å². The first-order valence-electron chi connectivity index (χ1n) is 9.87. The molecule has 2 saturated heterocycles. The van der Waals surface area contributed by atoms with Crippen LogP contribution in [0.1, 0.15) is 30.4 Å². The van der Waals surface area contributed by atoms with E-state index in [1.807, 2.05) is 0 Å². The zero-order valence-corrected chi connectivity index (χ0v) is 16.1. The third kappa shape index (κ3) is 3.22. The number of aromatic amines is 1. The van der Waals surface area contributed by atoms with Crippen molar-refractivity contribution in [2.24, 2.45) is 7.05 Å². The molecule has 148 valence electrons. The van der Waals surface area contributed by atoms with Gasteiger partial charge in [-0.1, -0.05) is 0 Å². The lowest BCUT2D eigenvalue weighted by atomic mass is 9.97. The third-order valence-corrected chi connectivity index (χ3v) is 5.76. The second kappa shape index (κ2) is 7.44. The normalized spacial score (nSPS) is 21.5. The summed E-state index contributed by atoms with van der Waals surface area (Å²) >= 11 is 0. The molecule has 5 heterocycles. The van der Waals surface area contributed by atoms with Crippen LogP contribution >= 0.6 is 0 Å². The van der Waals surface area contributed by atoms with Crippen molar-refractivity contribution in [2.45, 2.75) is 25.3 Å². The van der Waals surface area contributed by atoms with E-state index in [-0.39, 0.29) is 0 Å². The number of nitrogens with zero attached hydrogens (tertiary/aromatic N) is 8. The van der Waals surface area contributed by atoms with Gasteiger partial charge in [-0.3, -0.25) is 4.90 Å². The van der Waals surface area contributed by atoms with Gasteiger partial charge in [0.25, 0.3) is 0 Å². The molecule has 1 atom stereocenters. The monoisotopic (exact) mass is 383 g/mol. The van der Waals surface area contributed by atoms with Crippen LogP contribution in [0.15, 0.2) is 12.7 Å². The SMILES string of the molecule is Cn1c(CN2CCOCC2)nnc1[C@H]1CCCN(c2ncnc3nc[nH]c23)C1. The Balaban J connectivity index is 1.34. The Morgan fingerprint density at radius 1 is 1.14 bits per heavy atom. The molecule has 0 bridgehead atoms. The first kappa shape index (κ1) is 17.5. The smallest absolute Gasteiger partial charge is 0.182 e. The van der Waals surface area contributed by atoms with Gasteiger partial charge in [-0.05, 0) is 12.8 Å². The van der Waals surface area contributed by atoms with Gasteiger partial charge < -0.3 is 19.2 Å². The number of morpholine rings is 1. The molecule has 10 nitrogen and oxygen atoms in total. The molecule has 2 aliphatic rings. The molecule has 0 spiro atoms. The van der Waals surface area contributed by atoms with E-state index in [4.69, 9.17) is 4.74 Å². The fourth-order valence-electron chi connectivity index (χ4n) is 4.20. The van der Waals surface area contributed by atoms with Gasteiger partial charge in [-0.2, -0.15) is 0 Å². The lowest BCUT2D eigenvalue weighted by Gasteiger charge is -2.33. The van der Waals surface area contributed by atoms with Gasteiger partial charge in [0.15, 0.2) is 11.5 Å². The first-order valence-corrected chi connectivity index (χ1v) is 9.87. The quantitative estimate of drug-likeness (QED) is 0.703. The van der Waals surface area contributed by atoms with Crippen molar-refractivity contribution in [3.8, 4) is 0 Å². The predicted octanol–water partition coefficient (Wildman–Crippen LogP) is 0.698. The molecule has 1 N–H and O–H groups in total. The van der Waals surface area contributed by atoms with Gasteiger partial charge >= 0.3 is 0 Å². The summed E-state index contributed by atoms with van der Waals surface area (Å²) in [5, 5.41) is 9.06. The molecular weight excluding hydrogens is 358 g/mol. The number of nitrogens with one attached hydrogen (secondary N) is 1. The van der Waals surface area contributed by atoms with E-state index in [0.29, 0.717) is 11.6 Å². The van der Waals surface area contributed by atoms with Crippen molar-refractivity contribution in [3.05, 3.63) is 24.3 Å². The van der Waals surface area contributed by atoms with Crippen molar-refractivity contribution < 1.29 is 4.74 Å². The maximum Gasteiger partial charge on any atom is 0.182 e. The van der Waals surface area contributed by atoms with Gasteiger partial charge in [-0.25, -0.2) is 15.0 Å². The molecule has 2 aliphatic heterocycles. The third-order valence-electron chi connectivity index (χ3n) is 5.76. The van der Waals surface area contributed by atoms with E-state index in [9.17, 15) is 0 Å². The topological polar surface area (TPSA) is 101 Å². The maximum absolute atomic E-state index is 5.44. The molecule has 0 aromatic carbocycles. The fourth-order valence-corrected chi connectivity index (χ4v) is 4.20. The highest BCUT2D eigenvalue weighted by molar-refractivity contribution is 5.82. The summed E-state index contributed by atoms with van der Waals surface area (Å²) in [6.45, 7) is 6.16. The minimum atomic E-state index is 0.331. The summed E-state index contributed by atoms with van der Waals surface area (Å²) in [4.78, 5) is 20.9. The Labute approximate surface area is 163 Å². The number of H-pyrrole nitrogens is 1. The highest BCUT2D eigenvalue weighted by Crippen LogP contribution is 2.30. The molecule has 10 heteroatoms. The Morgan fingerprint density at radius 3 is 2.93 bits per heavy atom. The largest absolute Gasteiger partial charge is 0.379 e. The molecule has 0 unspecified atom stereocenters. The lowest BCUT2D eigenvalue weighted by Crippen LogP contribution is -2.37. The number of ether oxygens (including phenoxy) is 1. The summed E-state index contributed by atoms with van der Waals surface area (Å²) < 4.78 is 7.62. The number of aromatic nitrogens is 7. The molecule has 0 saturated carbocycles. The molecule has 0 radical (unpaired) electrons. The molecule has 5 rings (SSSR count). The van der Waals surface area contributed by atoms with E-state index in [2.05, 4.69) is 51.5 Å². The molecule has 28 heavy (non-hydrogen) atoms. The summed E-state index contributed by atoms with van der Waals surface area (Å²) in [6, 6.07) is 0. The van der Waals surface area contributed by atoms with E-state index in [0.717, 1.165) is 81.8 Å². The van der Waals surface area contributed by atoms with Crippen LogP contribution in [0.2, 0.25) is 0 Å². The Morgan fingerprint density at radius 2 is 2.04 bits per heavy atom. The summed E-state index contributed by atoms with van der Waals surface area (Å²) in [6.07, 6.45) is 5.46. The van der Waals surface area contributed by atoms with Crippen LogP contribution in [0.3, 0.4) is 0 Å². The lowest BCUT2D eigenvalue weighted by molar-refractivity contribution is 0.0326. The minimum Gasteiger partial charge on any atom is -0.379 e.